The molecule has 1 atom stereocenters. The molecule has 6 nitrogen and oxygen atoms in total. The molecule has 1 aromatic heterocycles. The fourth-order valence-electron chi connectivity index (χ4n) is 1.20. The summed E-state index contributed by atoms with van der Waals surface area (Å²) in [5, 5.41) is 13.7. The number of nitrogen functional groups attached to an aromatic ring is 1. The Labute approximate surface area is 97.2 Å². The van der Waals surface area contributed by atoms with E-state index in [-0.39, 0.29) is 5.95 Å². The van der Waals surface area contributed by atoms with Gasteiger partial charge in [0.25, 0.3) is 0 Å². The van der Waals surface area contributed by atoms with Gasteiger partial charge in [-0.25, -0.2) is 4.68 Å². The van der Waals surface area contributed by atoms with E-state index in [4.69, 9.17) is 5.73 Å². The first-order valence-corrected chi connectivity index (χ1v) is 5.54. The number of hydrogen-bond acceptors (Lipinski definition) is 5. The van der Waals surface area contributed by atoms with Crippen LogP contribution in [0.5, 0.6) is 0 Å². The van der Waals surface area contributed by atoms with Crippen molar-refractivity contribution in [3.05, 3.63) is 4.73 Å². The predicted octanol–water partition coefficient (Wildman–Crippen LogP) is -0.0646. The monoisotopic (exact) mass is 277 g/mol. The van der Waals surface area contributed by atoms with Crippen molar-refractivity contribution in [1.29, 1.82) is 0 Å². The van der Waals surface area contributed by atoms with Gasteiger partial charge in [-0.3, -0.25) is 0 Å². The van der Waals surface area contributed by atoms with Crippen LogP contribution in [0.15, 0.2) is 4.73 Å². The molecule has 0 aliphatic rings. The summed E-state index contributed by atoms with van der Waals surface area (Å²) in [6.45, 7) is 3.92. The quantitative estimate of drug-likeness (QED) is 0.788. The van der Waals surface area contributed by atoms with Gasteiger partial charge in [0.05, 0.1) is 12.6 Å². The second-order valence-corrected chi connectivity index (χ2v) is 4.14. The Morgan fingerprint density at radius 3 is 2.80 bits per heavy atom. The molecule has 0 aliphatic heterocycles. The Balaban J connectivity index is 2.50. The number of nitrogens with two attached hydrogens (primary N) is 1. The molecule has 0 aromatic carbocycles. The van der Waals surface area contributed by atoms with Crippen molar-refractivity contribution < 1.29 is 5.11 Å². The molecule has 0 spiro atoms. The molecule has 1 aromatic rings. The molecule has 0 amide bonds. The molecule has 0 fully saturated rings. The summed E-state index contributed by atoms with van der Waals surface area (Å²) in [7, 11) is 1.95. The lowest BCUT2D eigenvalue weighted by Gasteiger charge is -2.18. The molecule has 3 N–H and O–H groups in total. The zero-order chi connectivity index (χ0) is 11.4. The molecule has 0 saturated heterocycles. The fraction of sp³-hybridized carbons (Fsp3) is 0.750. The van der Waals surface area contributed by atoms with Gasteiger partial charge in [0.15, 0.2) is 4.73 Å². The maximum absolute atomic E-state index is 9.75. The largest absolute Gasteiger partial charge is 0.390 e. The average molecular weight is 278 g/mol. The highest BCUT2D eigenvalue weighted by Crippen LogP contribution is 2.08. The summed E-state index contributed by atoms with van der Waals surface area (Å²) in [6, 6.07) is 0. The lowest BCUT2D eigenvalue weighted by molar-refractivity contribution is 0.108. The Hall–Kier alpha value is -0.660. The van der Waals surface area contributed by atoms with Gasteiger partial charge in [-0.1, -0.05) is 6.92 Å². The molecule has 1 heterocycles. The Kier molecular flexibility index (Phi) is 4.49. The number of halogens is 1. The van der Waals surface area contributed by atoms with E-state index in [1.165, 1.54) is 0 Å². The van der Waals surface area contributed by atoms with Crippen molar-refractivity contribution in [2.45, 2.75) is 19.6 Å². The Morgan fingerprint density at radius 2 is 2.33 bits per heavy atom. The van der Waals surface area contributed by atoms with Crippen LogP contribution >= 0.6 is 15.9 Å². The van der Waals surface area contributed by atoms with Gasteiger partial charge >= 0.3 is 0 Å². The molecule has 0 bridgehead atoms. The zero-order valence-corrected chi connectivity index (χ0v) is 10.5. The number of aliphatic hydroxyl groups is 1. The third-order valence-electron chi connectivity index (χ3n) is 2.09. The Bertz CT molecular complexity index is 316. The van der Waals surface area contributed by atoms with E-state index in [0.29, 0.717) is 17.8 Å². The molecule has 15 heavy (non-hydrogen) atoms. The lowest BCUT2D eigenvalue weighted by Crippen LogP contribution is -2.32. The van der Waals surface area contributed by atoms with E-state index in [1.54, 1.807) is 4.68 Å². The van der Waals surface area contributed by atoms with Crippen LogP contribution in [-0.2, 0) is 6.54 Å². The van der Waals surface area contributed by atoms with Crippen LogP contribution < -0.4 is 5.73 Å². The lowest BCUT2D eigenvalue weighted by atomic mass is 10.3. The average Bonchev–Trinajstić information content (AvgIpc) is 2.44. The number of hydrogen-bond donors (Lipinski definition) is 2. The molecule has 0 radical (unpaired) electrons. The first kappa shape index (κ1) is 12.4. The van der Waals surface area contributed by atoms with Crippen LogP contribution in [0, 0.1) is 0 Å². The highest BCUT2D eigenvalue weighted by Gasteiger charge is 2.11. The third-order valence-corrected chi connectivity index (χ3v) is 2.68. The number of aliphatic hydroxyl groups excluding tert-OH is 1. The van der Waals surface area contributed by atoms with E-state index in [2.05, 4.69) is 26.0 Å². The minimum atomic E-state index is -0.479. The summed E-state index contributed by atoms with van der Waals surface area (Å²) in [5.74, 6) is 0.206. The van der Waals surface area contributed by atoms with E-state index in [9.17, 15) is 5.11 Å². The first-order valence-electron chi connectivity index (χ1n) is 4.75. The predicted molar refractivity (Wildman–Crippen MR) is 61.3 cm³/mol. The molecular weight excluding hydrogens is 262 g/mol. The van der Waals surface area contributed by atoms with Gasteiger partial charge in [-0.15, -0.1) is 5.10 Å². The number of likely N-dealkylation sites (N-methyl/N-ethyl adjacent to an activating group) is 1. The maximum Gasteiger partial charge on any atom is 0.240 e. The van der Waals surface area contributed by atoms with Gasteiger partial charge in [-0.2, -0.15) is 4.98 Å². The second kappa shape index (κ2) is 5.43. The number of anilines is 1. The fourth-order valence-corrected chi connectivity index (χ4v) is 1.61. The number of nitrogens with zero attached hydrogens (tertiary/aromatic N) is 4. The standard InChI is InChI=1S/C8H16BrN5O/c1-3-13(2)4-6(15)5-14-7(9)11-8(10)12-14/h6,15H,3-5H2,1-2H3,(H2,10,12). The van der Waals surface area contributed by atoms with Crippen molar-refractivity contribution in [2.75, 3.05) is 25.9 Å². The molecule has 86 valence electrons. The van der Waals surface area contributed by atoms with Crippen molar-refractivity contribution in [3.8, 4) is 0 Å². The van der Waals surface area contributed by atoms with Gasteiger partial charge in [-0.05, 0) is 29.5 Å². The summed E-state index contributed by atoms with van der Waals surface area (Å²) >= 11 is 3.21. The summed E-state index contributed by atoms with van der Waals surface area (Å²) in [5.41, 5.74) is 5.42. The van der Waals surface area contributed by atoms with Crippen LogP contribution in [0.3, 0.4) is 0 Å². The highest BCUT2D eigenvalue weighted by atomic mass is 79.9. The molecular formula is C8H16BrN5O. The van der Waals surface area contributed by atoms with E-state index in [1.807, 2.05) is 18.9 Å². The van der Waals surface area contributed by atoms with E-state index < -0.39 is 6.10 Å². The molecule has 1 unspecified atom stereocenters. The van der Waals surface area contributed by atoms with Crippen molar-refractivity contribution >= 4 is 21.9 Å². The summed E-state index contributed by atoms with van der Waals surface area (Å²) in [4.78, 5) is 5.91. The first-order chi connectivity index (χ1) is 7.02. The van der Waals surface area contributed by atoms with Crippen LogP contribution in [0.25, 0.3) is 0 Å². The smallest absolute Gasteiger partial charge is 0.240 e. The van der Waals surface area contributed by atoms with Gasteiger partial charge in [0.2, 0.25) is 5.95 Å². The third kappa shape index (κ3) is 3.77. The van der Waals surface area contributed by atoms with E-state index in [0.717, 1.165) is 6.54 Å². The van der Waals surface area contributed by atoms with Crippen LogP contribution in [0.2, 0.25) is 0 Å². The van der Waals surface area contributed by atoms with Crippen LogP contribution in [0.4, 0.5) is 5.95 Å². The van der Waals surface area contributed by atoms with Crippen LogP contribution in [0.1, 0.15) is 6.92 Å². The zero-order valence-electron chi connectivity index (χ0n) is 8.89. The van der Waals surface area contributed by atoms with Crippen molar-refractivity contribution in [1.82, 2.24) is 19.7 Å². The minimum absolute atomic E-state index is 0.206. The molecule has 0 saturated carbocycles. The SMILES string of the molecule is CCN(C)CC(O)Cn1nc(N)nc1Br. The molecule has 1 rings (SSSR count). The highest BCUT2D eigenvalue weighted by molar-refractivity contribution is 9.10. The molecule has 7 heteroatoms. The van der Waals surface area contributed by atoms with Gasteiger partial charge < -0.3 is 15.7 Å². The van der Waals surface area contributed by atoms with Crippen molar-refractivity contribution in [2.24, 2.45) is 0 Å². The normalized spacial score (nSPS) is 13.4. The second-order valence-electron chi connectivity index (χ2n) is 3.43. The Morgan fingerprint density at radius 1 is 1.67 bits per heavy atom. The van der Waals surface area contributed by atoms with Crippen molar-refractivity contribution in [3.63, 3.8) is 0 Å². The number of aromatic nitrogens is 3. The summed E-state index contributed by atoms with van der Waals surface area (Å²) < 4.78 is 2.09. The number of rotatable bonds is 5. The maximum atomic E-state index is 9.75. The topological polar surface area (TPSA) is 80.2 Å². The molecule has 0 aliphatic carbocycles. The van der Waals surface area contributed by atoms with Crippen LogP contribution in [-0.4, -0.2) is 51.0 Å². The van der Waals surface area contributed by atoms with E-state index >= 15 is 0 Å². The minimum Gasteiger partial charge on any atom is -0.390 e. The van der Waals surface area contributed by atoms with Gasteiger partial charge in [0, 0.05) is 6.54 Å². The summed E-state index contributed by atoms with van der Waals surface area (Å²) in [6.07, 6.45) is -0.479. The van der Waals surface area contributed by atoms with Gasteiger partial charge in [0.1, 0.15) is 0 Å².